The number of amides is 2. The number of nitrogens with zero attached hydrogens (tertiary/aromatic N) is 3. The van der Waals surface area contributed by atoms with Gasteiger partial charge in [0.05, 0.1) is 6.04 Å². The van der Waals surface area contributed by atoms with Gasteiger partial charge in [-0.3, -0.25) is 14.3 Å². The highest BCUT2D eigenvalue weighted by Gasteiger charge is 2.24. The third-order valence-corrected chi connectivity index (χ3v) is 3.59. The summed E-state index contributed by atoms with van der Waals surface area (Å²) in [6.45, 7) is 3.62. The minimum atomic E-state index is -0.0471. The lowest BCUT2D eigenvalue weighted by Gasteiger charge is -2.33. The summed E-state index contributed by atoms with van der Waals surface area (Å²) in [6.07, 6.45) is 7.00. The molecule has 1 aliphatic heterocycles. The molecule has 2 heterocycles. The van der Waals surface area contributed by atoms with Gasteiger partial charge in [0.25, 0.3) is 0 Å². The van der Waals surface area contributed by atoms with Crippen LogP contribution in [0.15, 0.2) is 18.5 Å². The summed E-state index contributed by atoms with van der Waals surface area (Å²) in [4.78, 5) is 24.8. The Morgan fingerprint density at radius 1 is 1.45 bits per heavy atom. The number of hydrogen-bond donors (Lipinski definition) is 1. The maximum Gasteiger partial charge on any atom is 0.222 e. The largest absolute Gasteiger partial charge is 0.356 e. The fourth-order valence-corrected chi connectivity index (χ4v) is 2.56. The van der Waals surface area contributed by atoms with E-state index in [-0.39, 0.29) is 17.9 Å². The Bertz CT molecular complexity index is 444. The molecule has 6 nitrogen and oxygen atoms in total. The molecular weight excluding hydrogens is 256 g/mol. The fraction of sp³-hybridized carbons (Fsp3) is 0.643. The van der Waals surface area contributed by atoms with Crippen LogP contribution < -0.4 is 5.32 Å². The average molecular weight is 278 g/mol. The van der Waals surface area contributed by atoms with Crippen molar-refractivity contribution in [3.63, 3.8) is 0 Å². The highest BCUT2D eigenvalue weighted by Crippen LogP contribution is 2.21. The van der Waals surface area contributed by atoms with Gasteiger partial charge in [-0.1, -0.05) is 0 Å². The zero-order valence-electron chi connectivity index (χ0n) is 11.9. The van der Waals surface area contributed by atoms with E-state index in [0.717, 1.165) is 25.9 Å². The summed E-state index contributed by atoms with van der Waals surface area (Å²) in [6, 6.07) is 2.20. The summed E-state index contributed by atoms with van der Waals surface area (Å²) in [5, 5.41) is 6.97. The first-order chi connectivity index (χ1) is 9.66. The number of aromatic nitrogens is 2. The van der Waals surface area contributed by atoms with Crippen molar-refractivity contribution >= 4 is 11.8 Å². The van der Waals surface area contributed by atoms with Crippen LogP contribution in [0.1, 0.15) is 38.6 Å². The molecule has 20 heavy (non-hydrogen) atoms. The molecule has 0 aromatic carbocycles. The molecule has 0 aliphatic carbocycles. The minimum Gasteiger partial charge on any atom is -0.356 e. The first kappa shape index (κ1) is 14.6. The lowest BCUT2D eigenvalue weighted by atomic mass is 10.1. The Morgan fingerprint density at radius 3 is 3.00 bits per heavy atom. The smallest absolute Gasteiger partial charge is 0.222 e. The van der Waals surface area contributed by atoms with Gasteiger partial charge >= 0.3 is 0 Å². The van der Waals surface area contributed by atoms with Gasteiger partial charge in [0.15, 0.2) is 0 Å². The number of hydrogen-bond acceptors (Lipinski definition) is 3. The molecule has 1 N–H and O–H groups in total. The standard InChI is InChI=1S/C14H22N4O2/c1-12(19)15-7-2-6-14(20)17-9-3-5-13(11-17)18-10-4-8-16-18/h4,8,10,13H,2-3,5-7,9,11H2,1H3,(H,15,19)/t13-/m0/s1. The lowest BCUT2D eigenvalue weighted by molar-refractivity contribution is -0.133. The topological polar surface area (TPSA) is 67.2 Å². The second kappa shape index (κ2) is 7.07. The van der Waals surface area contributed by atoms with Gasteiger partial charge in [0.1, 0.15) is 0 Å². The normalized spacial score (nSPS) is 18.9. The molecule has 1 aromatic rings. The van der Waals surface area contributed by atoms with E-state index < -0.39 is 0 Å². The average Bonchev–Trinajstić information content (AvgIpc) is 2.97. The molecule has 2 rings (SSSR count). The Kier molecular flexibility index (Phi) is 5.15. The van der Waals surface area contributed by atoms with Crippen LogP contribution in [0.2, 0.25) is 0 Å². The molecule has 110 valence electrons. The molecule has 0 spiro atoms. The molecule has 0 saturated carbocycles. The van der Waals surface area contributed by atoms with E-state index in [1.54, 1.807) is 6.20 Å². The van der Waals surface area contributed by atoms with E-state index >= 15 is 0 Å². The minimum absolute atomic E-state index is 0.0471. The van der Waals surface area contributed by atoms with Crippen LogP contribution in [0.5, 0.6) is 0 Å². The van der Waals surface area contributed by atoms with Gasteiger partial charge < -0.3 is 10.2 Å². The van der Waals surface area contributed by atoms with Crippen molar-refractivity contribution in [3.05, 3.63) is 18.5 Å². The lowest BCUT2D eigenvalue weighted by Crippen LogP contribution is -2.41. The second-order valence-electron chi connectivity index (χ2n) is 5.21. The number of nitrogens with one attached hydrogen (secondary N) is 1. The van der Waals surface area contributed by atoms with Crippen molar-refractivity contribution in [2.75, 3.05) is 19.6 Å². The van der Waals surface area contributed by atoms with E-state index in [1.807, 2.05) is 21.8 Å². The third-order valence-electron chi connectivity index (χ3n) is 3.59. The quantitative estimate of drug-likeness (QED) is 0.816. The van der Waals surface area contributed by atoms with E-state index in [2.05, 4.69) is 10.4 Å². The van der Waals surface area contributed by atoms with Crippen LogP contribution in [0.4, 0.5) is 0 Å². The fourth-order valence-electron chi connectivity index (χ4n) is 2.56. The highest BCUT2D eigenvalue weighted by molar-refractivity contribution is 5.76. The van der Waals surface area contributed by atoms with Crippen molar-refractivity contribution in [1.29, 1.82) is 0 Å². The van der Waals surface area contributed by atoms with Gasteiger partial charge in [-0.2, -0.15) is 5.10 Å². The summed E-state index contributed by atoms with van der Waals surface area (Å²) < 4.78 is 1.94. The van der Waals surface area contributed by atoms with Crippen LogP contribution in [0.3, 0.4) is 0 Å². The van der Waals surface area contributed by atoms with Crippen molar-refractivity contribution in [1.82, 2.24) is 20.0 Å². The van der Waals surface area contributed by atoms with Crippen LogP contribution in [-0.2, 0) is 9.59 Å². The Labute approximate surface area is 119 Å². The van der Waals surface area contributed by atoms with Crippen molar-refractivity contribution in [2.45, 2.75) is 38.6 Å². The van der Waals surface area contributed by atoms with E-state index in [1.165, 1.54) is 6.92 Å². The number of likely N-dealkylation sites (tertiary alicyclic amines) is 1. The molecule has 1 aromatic heterocycles. The van der Waals surface area contributed by atoms with E-state index in [4.69, 9.17) is 0 Å². The first-order valence-electron chi connectivity index (χ1n) is 7.18. The maximum absolute atomic E-state index is 12.1. The molecule has 6 heteroatoms. The zero-order chi connectivity index (χ0) is 14.4. The summed E-state index contributed by atoms with van der Waals surface area (Å²) in [5.74, 6) is 0.126. The molecule has 2 amide bonds. The van der Waals surface area contributed by atoms with Crippen LogP contribution in [0.25, 0.3) is 0 Å². The first-order valence-corrected chi connectivity index (χ1v) is 7.18. The predicted molar refractivity (Wildman–Crippen MR) is 75.0 cm³/mol. The van der Waals surface area contributed by atoms with Crippen molar-refractivity contribution in [3.8, 4) is 0 Å². The Morgan fingerprint density at radius 2 is 2.30 bits per heavy atom. The molecule has 0 bridgehead atoms. The monoisotopic (exact) mass is 278 g/mol. The molecule has 1 fully saturated rings. The van der Waals surface area contributed by atoms with Gasteiger partial charge in [0.2, 0.25) is 11.8 Å². The molecule has 1 saturated heterocycles. The van der Waals surface area contributed by atoms with Gasteiger partial charge in [-0.05, 0) is 25.3 Å². The summed E-state index contributed by atoms with van der Waals surface area (Å²) in [7, 11) is 0. The Balaban J connectivity index is 1.77. The number of carbonyl (C=O) groups is 2. The van der Waals surface area contributed by atoms with Crippen molar-refractivity contribution in [2.24, 2.45) is 0 Å². The summed E-state index contributed by atoms with van der Waals surface area (Å²) >= 11 is 0. The number of piperidine rings is 1. The van der Waals surface area contributed by atoms with Crippen LogP contribution in [-0.4, -0.2) is 46.1 Å². The van der Waals surface area contributed by atoms with Crippen LogP contribution in [0, 0.1) is 0 Å². The van der Waals surface area contributed by atoms with E-state index in [9.17, 15) is 9.59 Å². The predicted octanol–water partition coefficient (Wildman–Crippen LogP) is 0.963. The zero-order valence-corrected chi connectivity index (χ0v) is 11.9. The Hall–Kier alpha value is -1.85. The maximum atomic E-state index is 12.1. The SMILES string of the molecule is CC(=O)NCCCC(=O)N1CCC[C@H](n2cccn2)C1. The number of carbonyl (C=O) groups excluding carboxylic acids is 2. The number of rotatable bonds is 5. The molecular formula is C14H22N4O2. The summed E-state index contributed by atoms with van der Waals surface area (Å²) in [5.41, 5.74) is 0. The van der Waals surface area contributed by atoms with Gasteiger partial charge in [-0.15, -0.1) is 0 Å². The molecule has 0 radical (unpaired) electrons. The third kappa shape index (κ3) is 4.08. The molecule has 1 atom stereocenters. The molecule has 0 unspecified atom stereocenters. The van der Waals surface area contributed by atoms with E-state index in [0.29, 0.717) is 19.4 Å². The highest BCUT2D eigenvalue weighted by atomic mass is 16.2. The van der Waals surface area contributed by atoms with Crippen LogP contribution >= 0.6 is 0 Å². The van der Waals surface area contributed by atoms with Gasteiger partial charge in [0, 0.05) is 45.4 Å². The second-order valence-corrected chi connectivity index (χ2v) is 5.21. The van der Waals surface area contributed by atoms with Gasteiger partial charge in [-0.25, -0.2) is 0 Å². The van der Waals surface area contributed by atoms with Crippen molar-refractivity contribution < 1.29 is 9.59 Å². The molecule has 1 aliphatic rings.